The van der Waals surface area contributed by atoms with Crippen LogP contribution in [0.3, 0.4) is 0 Å². The SMILES string of the molecule is COC(=O)CCCS(=O)(=O)N1CC(C)N(C)C(C)C1. The highest BCUT2D eigenvalue weighted by Crippen LogP contribution is 2.17. The van der Waals surface area contributed by atoms with Crippen LogP contribution in [-0.4, -0.2) is 68.7 Å². The normalized spacial score (nSPS) is 26.3. The summed E-state index contributed by atoms with van der Waals surface area (Å²) < 4.78 is 30.5. The van der Waals surface area contributed by atoms with E-state index in [2.05, 4.69) is 9.64 Å². The molecule has 1 aliphatic heterocycles. The molecule has 0 aromatic heterocycles. The fourth-order valence-corrected chi connectivity index (χ4v) is 3.87. The Bertz CT molecular complexity index is 398. The van der Waals surface area contributed by atoms with Crippen molar-refractivity contribution in [2.45, 2.75) is 38.8 Å². The molecule has 0 aromatic carbocycles. The number of likely N-dealkylation sites (N-methyl/N-ethyl adjacent to an activating group) is 1. The molecule has 1 fully saturated rings. The van der Waals surface area contributed by atoms with Gasteiger partial charge in [0.2, 0.25) is 10.0 Å². The van der Waals surface area contributed by atoms with Gasteiger partial charge in [-0.15, -0.1) is 0 Å². The summed E-state index contributed by atoms with van der Waals surface area (Å²) in [6, 6.07) is 0.415. The smallest absolute Gasteiger partial charge is 0.305 e. The van der Waals surface area contributed by atoms with Gasteiger partial charge in [-0.25, -0.2) is 8.42 Å². The van der Waals surface area contributed by atoms with Gasteiger partial charge in [-0.3, -0.25) is 9.69 Å². The molecule has 0 bridgehead atoms. The van der Waals surface area contributed by atoms with Gasteiger partial charge in [0.1, 0.15) is 0 Å². The molecule has 7 heteroatoms. The van der Waals surface area contributed by atoms with Crippen molar-refractivity contribution in [3.63, 3.8) is 0 Å². The zero-order chi connectivity index (χ0) is 14.6. The van der Waals surface area contributed by atoms with Crippen LogP contribution in [0.1, 0.15) is 26.7 Å². The predicted octanol–water partition coefficient (Wildman–Crippen LogP) is 0.294. The van der Waals surface area contributed by atoms with Crippen molar-refractivity contribution in [1.29, 1.82) is 0 Å². The first kappa shape index (κ1) is 16.4. The second kappa shape index (κ2) is 6.67. The first-order chi connectivity index (χ1) is 8.77. The summed E-state index contributed by atoms with van der Waals surface area (Å²) >= 11 is 0. The van der Waals surface area contributed by atoms with Crippen molar-refractivity contribution in [3.05, 3.63) is 0 Å². The Kier molecular flexibility index (Phi) is 5.76. The van der Waals surface area contributed by atoms with Crippen molar-refractivity contribution in [2.75, 3.05) is 33.0 Å². The zero-order valence-corrected chi connectivity index (χ0v) is 12.9. The van der Waals surface area contributed by atoms with Crippen LogP contribution < -0.4 is 0 Å². The van der Waals surface area contributed by atoms with E-state index in [1.165, 1.54) is 7.11 Å². The molecular formula is C12H24N2O4S. The molecule has 1 aliphatic rings. The fraction of sp³-hybridized carbons (Fsp3) is 0.917. The lowest BCUT2D eigenvalue weighted by Crippen LogP contribution is -2.56. The molecule has 112 valence electrons. The number of carbonyl (C=O) groups excluding carboxylic acids is 1. The van der Waals surface area contributed by atoms with Gasteiger partial charge in [0.25, 0.3) is 0 Å². The molecule has 1 saturated heterocycles. The molecule has 1 rings (SSSR count). The third-order valence-corrected chi connectivity index (χ3v) is 5.62. The van der Waals surface area contributed by atoms with Crippen molar-refractivity contribution in [2.24, 2.45) is 0 Å². The van der Waals surface area contributed by atoms with Gasteiger partial charge < -0.3 is 4.74 Å². The van der Waals surface area contributed by atoms with E-state index < -0.39 is 10.0 Å². The van der Waals surface area contributed by atoms with Gasteiger partial charge >= 0.3 is 5.97 Å². The number of ether oxygens (including phenoxy) is 1. The van der Waals surface area contributed by atoms with Crippen LogP contribution in [0.2, 0.25) is 0 Å². The Morgan fingerprint density at radius 1 is 1.26 bits per heavy atom. The van der Waals surface area contributed by atoms with Crippen LogP contribution in [-0.2, 0) is 19.6 Å². The van der Waals surface area contributed by atoms with Crippen LogP contribution in [0, 0.1) is 0 Å². The fourth-order valence-electron chi connectivity index (χ4n) is 2.21. The first-order valence-corrected chi connectivity index (χ1v) is 8.15. The van der Waals surface area contributed by atoms with Gasteiger partial charge in [-0.2, -0.15) is 4.31 Å². The molecule has 0 amide bonds. The Labute approximate surface area is 115 Å². The molecule has 0 spiro atoms. The van der Waals surface area contributed by atoms with E-state index in [1.807, 2.05) is 20.9 Å². The number of esters is 1. The Hall–Kier alpha value is -0.660. The summed E-state index contributed by atoms with van der Waals surface area (Å²) in [6.45, 7) is 5.07. The highest BCUT2D eigenvalue weighted by atomic mass is 32.2. The lowest BCUT2D eigenvalue weighted by molar-refractivity contribution is -0.140. The van der Waals surface area contributed by atoms with E-state index in [9.17, 15) is 13.2 Å². The number of piperazine rings is 1. The van der Waals surface area contributed by atoms with E-state index in [0.29, 0.717) is 19.5 Å². The maximum Gasteiger partial charge on any atom is 0.305 e. The van der Waals surface area contributed by atoms with Crippen LogP contribution in [0.25, 0.3) is 0 Å². The van der Waals surface area contributed by atoms with E-state index in [4.69, 9.17) is 0 Å². The molecule has 1 heterocycles. The molecule has 0 aliphatic carbocycles. The van der Waals surface area contributed by atoms with Crippen LogP contribution in [0.5, 0.6) is 0 Å². The number of sulfonamides is 1. The molecule has 0 N–H and O–H groups in total. The molecule has 19 heavy (non-hydrogen) atoms. The topological polar surface area (TPSA) is 66.9 Å². The highest BCUT2D eigenvalue weighted by molar-refractivity contribution is 7.89. The number of hydrogen-bond acceptors (Lipinski definition) is 5. The van der Waals surface area contributed by atoms with E-state index in [1.54, 1.807) is 4.31 Å². The van der Waals surface area contributed by atoms with Gasteiger partial charge in [0.15, 0.2) is 0 Å². The highest BCUT2D eigenvalue weighted by Gasteiger charge is 2.33. The maximum absolute atomic E-state index is 12.2. The van der Waals surface area contributed by atoms with Gasteiger partial charge in [-0.05, 0) is 27.3 Å². The Morgan fingerprint density at radius 3 is 2.26 bits per heavy atom. The van der Waals surface area contributed by atoms with Crippen LogP contribution >= 0.6 is 0 Å². The summed E-state index contributed by atoms with van der Waals surface area (Å²) in [5.74, 6) is -0.360. The first-order valence-electron chi connectivity index (χ1n) is 6.54. The second-order valence-electron chi connectivity index (χ2n) is 5.18. The van der Waals surface area contributed by atoms with Gasteiger partial charge in [0, 0.05) is 31.6 Å². The summed E-state index contributed by atoms with van der Waals surface area (Å²) in [5, 5.41) is 0. The third-order valence-electron chi connectivity index (χ3n) is 3.73. The lowest BCUT2D eigenvalue weighted by atomic mass is 10.1. The summed E-state index contributed by atoms with van der Waals surface area (Å²) in [5.41, 5.74) is 0. The second-order valence-corrected chi connectivity index (χ2v) is 7.26. The minimum absolute atomic E-state index is 0.00521. The lowest BCUT2D eigenvalue weighted by Gasteiger charge is -2.41. The van der Waals surface area contributed by atoms with E-state index in [0.717, 1.165) is 0 Å². The monoisotopic (exact) mass is 292 g/mol. The maximum atomic E-state index is 12.2. The van der Waals surface area contributed by atoms with Crippen LogP contribution in [0.4, 0.5) is 0 Å². The average Bonchev–Trinajstić information content (AvgIpc) is 2.34. The van der Waals surface area contributed by atoms with E-state index in [-0.39, 0.29) is 30.2 Å². The standard InChI is InChI=1S/C12H24N2O4S/c1-10-8-14(9-11(2)13(10)3)19(16,17)7-5-6-12(15)18-4/h10-11H,5-9H2,1-4H3. The summed E-state index contributed by atoms with van der Waals surface area (Å²) in [6.07, 6.45) is 0.457. The number of hydrogen-bond donors (Lipinski definition) is 0. The minimum Gasteiger partial charge on any atom is -0.469 e. The molecule has 2 atom stereocenters. The summed E-state index contributed by atoms with van der Waals surface area (Å²) in [7, 11) is 0.0391. The average molecular weight is 292 g/mol. The van der Waals surface area contributed by atoms with E-state index >= 15 is 0 Å². The third kappa shape index (κ3) is 4.43. The van der Waals surface area contributed by atoms with Crippen molar-refractivity contribution >= 4 is 16.0 Å². The number of rotatable bonds is 5. The number of carbonyl (C=O) groups is 1. The van der Waals surface area contributed by atoms with Crippen molar-refractivity contribution in [1.82, 2.24) is 9.21 Å². The zero-order valence-electron chi connectivity index (χ0n) is 12.1. The molecule has 0 aromatic rings. The Balaban J connectivity index is 2.55. The molecular weight excluding hydrogens is 268 g/mol. The minimum atomic E-state index is -3.28. The van der Waals surface area contributed by atoms with Crippen LogP contribution in [0.15, 0.2) is 0 Å². The van der Waals surface area contributed by atoms with Gasteiger partial charge in [0.05, 0.1) is 12.9 Å². The molecule has 2 unspecified atom stereocenters. The number of methoxy groups -OCH3 is 1. The molecule has 6 nitrogen and oxygen atoms in total. The molecule has 0 radical (unpaired) electrons. The van der Waals surface area contributed by atoms with Crippen molar-refractivity contribution < 1.29 is 17.9 Å². The Morgan fingerprint density at radius 2 is 1.79 bits per heavy atom. The van der Waals surface area contributed by atoms with Crippen molar-refractivity contribution in [3.8, 4) is 0 Å². The largest absolute Gasteiger partial charge is 0.469 e. The predicted molar refractivity (Wildman–Crippen MR) is 73.3 cm³/mol. The van der Waals surface area contributed by atoms with Gasteiger partial charge in [-0.1, -0.05) is 0 Å². The number of nitrogens with zero attached hydrogens (tertiary/aromatic N) is 2. The quantitative estimate of drug-likeness (QED) is 0.682. The summed E-state index contributed by atoms with van der Waals surface area (Å²) in [4.78, 5) is 13.2. The molecule has 0 saturated carbocycles.